The van der Waals surface area contributed by atoms with Gasteiger partial charge in [-0.25, -0.2) is 8.42 Å². The number of hydrogen-bond donors (Lipinski definition) is 1. The van der Waals surface area contributed by atoms with Gasteiger partial charge in [0.2, 0.25) is 10.0 Å². The minimum absolute atomic E-state index is 0.155. The van der Waals surface area contributed by atoms with Crippen molar-refractivity contribution in [3.63, 3.8) is 0 Å². The summed E-state index contributed by atoms with van der Waals surface area (Å²) in [5.74, 6) is 0.209. The van der Waals surface area contributed by atoms with E-state index in [2.05, 4.69) is 5.32 Å². The normalized spacial score (nSPS) is 25.6. The molecular formula is C13H26N2O3S. The third-order valence-corrected chi connectivity index (χ3v) is 5.90. The maximum absolute atomic E-state index is 12.4. The molecule has 1 N–H and O–H groups in total. The molecule has 5 nitrogen and oxygen atoms in total. The topological polar surface area (TPSA) is 58.6 Å². The van der Waals surface area contributed by atoms with Gasteiger partial charge in [-0.2, -0.15) is 4.31 Å². The van der Waals surface area contributed by atoms with Crippen LogP contribution in [0, 0.1) is 0 Å². The molecule has 1 saturated carbocycles. The minimum atomic E-state index is -3.12. The molecule has 1 heterocycles. The van der Waals surface area contributed by atoms with Gasteiger partial charge < -0.3 is 10.1 Å². The number of ether oxygens (including phenoxy) is 1. The molecule has 1 atom stereocenters. The summed E-state index contributed by atoms with van der Waals surface area (Å²) in [7, 11) is -1.51. The lowest BCUT2D eigenvalue weighted by molar-refractivity contribution is 0.198. The van der Waals surface area contributed by atoms with Gasteiger partial charge >= 0.3 is 0 Å². The van der Waals surface area contributed by atoms with Crippen LogP contribution in [0.25, 0.3) is 0 Å². The molecular weight excluding hydrogens is 264 g/mol. The molecule has 0 aromatic carbocycles. The molecule has 2 rings (SSSR count). The molecule has 112 valence electrons. The van der Waals surface area contributed by atoms with E-state index in [9.17, 15) is 8.42 Å². The standard InChI is InChI=1S/C13H26N2O3S/c1-18-9-4-10-19(16,17)15-8-3-2-5-13(15)11-14-12-6-7-12/h12-14H,2-11H2,1H3. The summed E-state index contributed by atoms with van der Waals surface area (Å²) in [5.41, 5.74) is 0. The van der Waals surface area contributed by atoms with E-state index < -0.39 is 10.0 Å². The van der Waals surface area contributed by atoms with E-state index in [-0.39, 0.29) is 11.8 Å². The number of nitrogens with zero attached hydrogens (tertiary/aromatic N) is 1. The number of nitrogens with one attached hydrogen (secondary N) is 1. The monoisotopic (exact) mass is 290 g/mol. The Labute approximate surface area is 116 Å². The van der Waals surface area contributed by atoms with Crippen molar-refractivity contribution in [1.29, 1.82) is 0 Å². The van der Waals surface area contributed by atoms with Gasteiger partial charge in [-0.05, 0) is 32.1 Å². The van der Waals surface area contributed by atoms with E-state index >= 15 is 0 Å². The van der Waals surface area contributed by atoms with Crippen LogP contribution in [0.3, 0.4) is 0 Å². The van der Waals surface area contributed by atoms with Gasteiger partial charge in [0, 0.05) is 38.9 Å². The van der Waals surface area contributed by atoms with Crippen LogP contribution in [0.5, 0.6) is 0 Å². The van der Waals surface area contributed by atoms with Crippen molar-refractivity contribution in [2.45, 2.75) is 50.6 Å². The summed E-state index contributed by atoms with van der Waals surface area (Å²) in [4.78, 5) is 0. The van der Waals surface area contributed by atoms with Gasteiger partial charge in [0.1, 0.15) is 0 Å². The van der Waals surface area contributed by atoms with Gasteiger partial charge in [0.05, 0.1) is 5.75 Å². The molecule has 1 aliphatic heterocycles. The van der Waals surface area contributed by atoms with Crippen LogP contribution in [0.1, 0.15) is 38.5 Å². The summed E-state index contributed by atoms with van der Waals surface area (Å²) in [6, 6.07) is 0.793. The molecule has 0 radical (unpaired) electrons. The third-order valence-electron chi connectivity index (χ3n) is 3.90. The number of hydrogen-bond acceptors (Lipinski definition) is 4. The number of piperidine rings is 1. The van der Waals surface area contributed by atoms with Crippen molar-refractivity contribution in [1.82, 2.24) is 9.62 Å². The van der Waals surface area contributed by atoms with Gasteiger partial charge in [0.25, 0.3) is 0 Å². The lowest BCUT2D eigenvalue weighted by Gasteiger charge is -2.35. The summed E-state index contributed by atoms with van der Waals surface area (Å²) in [6.45, 7) is 2.01. The van der Waals surface area contributed by atoms with Crippen molar-refractivity contribution in [2.24, 2.45) is 0 Å². The van der Waals surface area contributed by atoms with Crippen molar-refractivity contribution in [3.05, 3.63) is 0 Å². The molecule has 0 spiro atoms. The predicted octanol–water partition coefficient (Wildman–Crippen LogP) is 0.959. The Morgan fingerprint density at radius 1 is 1.26 bits per heavy atom. The van der Waals surface area contributed by atoms with E-state index in [1.807, 2.05) is 0 Å². The van der Waals surface area contributed by atoms with E-state index in [1.54, 1.807) is 11.4 Å². The molecule has 6 heteroatoms. The highest BCUT2D eigenvalue weighted by molar-refractivity contribution is 7.89. The first kappa shape index (κ1) is 15.2. The predicted molar refractivity (Wildman–Crippen MR) is 75.6 cm³/mol. The Morgan fingerprint density at radius 3 is 2.74 bits per heavy atom. The van der Waals surface area contributed by atoms with E-state index in [0.717, 1.165) is 25.8 Å². The Morgan fingerprint density at radius 2 is 2.05 bits per heavy atom. The molecule has 19 heavy (non-hydrogen) atoms. The zero-order chi connectivity index (χ0) is 13.7. The summed E-state index contributed by atoms with van der Waals surface area (Å²) < 4.78 is 31.4. The highest BCUT2D eigenvalue weighted by Crippen LogP contribution is 2.23. The van der Waals surface area contributed by atoms with Crippen LogP contribution in [-0.2, 0) is 14.8 Å². The smallest absolute Gasteiger partial charge is 0.214 e. The first-order chi connectivity index (χ1) is 9.13. The largest absolute Gasteiger partial charge is 0.385 e. The van der Waals surface area contributed by atoms with Gasteiger partial charge in [-0.15, -0.1) is 0 Å². The molecule has 1 unspecified atom stereocenters. The molecule has 1 aliphatic carbocycles. The summed E-state index contributed by atoms with van der Waals surface area (Å²) in [5, 5.41) is 3.46. The molecule has 0 bridgehead atoms. The van der Waals surface area contributed by atoms with Crippen molar-refractivity contribution < 1.29 is 13.2 Å². The molecule has 0 aromatic rings. The second-order valence-corrected chi connectivity index (χ2v) is 7.65. The fourth-order valence-corrected chi connectivity index (χ4v) is 4.40. The second kappa shape index (κ2) is 7.02. The number of methoxy groups -OCH3 is 1. The van der Waals surface area contributed by atoms with Crippen molar-refractivity contribution in [3.8, 4) is 0 Å². The van der Waals surface area contributed by atoms with Crippen LogP contribution in [0.15, 0.2) is 0 Å². The van der Waals surface area contributed by atoms with Crippen LogP contribution in [0.4, 0.5) is 0 Å². The van der Waals surface area contributed by atoms with E-state index in [0.29, 0.717) is 25.6 Å². The Hall–Kier alpha value is -0.170. The first-order valence-electron chi connectivity index (χ1n) is 7.35. The van der Waals surface area contributed by atoms with Crippen molar-refractivity contribution >= 4 is 10.0 Å². The van der Waals surface area contributed by atoms with Crippen LogP contribution in [0.2, 0.25) is 0 Å². The number of rotatable bonds is 8. The Kier molecular flexibility index (Phi) is 5.62. The minimum Gasteiger partial charge on any atom is -0.385 e. The van der Waals surface area contributed by atoms with Gasteiger partial charge in [-0.1, -0.05) is 6.42 Å². The van der Waals surface area contributed by atoms with Crippen LogP contribution in [-0.4, -0.2) is 57.4 Å². The molecule has 0 amide bonds. The maximum atomic E-state index is 12.4. The highest BCUT2D eigenvalue weighted by atomic mass is 32.2. The number of sulfonamides is 1. The first-order valence-corrected chi connectivity index (χ1v) is 8.96. The van der Waals surface area contributed by atoms with Gasteiger partial charge in [-0.3, -0.25) is 0 Å². The third kappa shape index (κ3) is 4.70. The second-order valence-electron chi connectivity index (χ2n) is 5.61. The Bertz CT molecular complexity index is 368. The zero-order valence-electron chi connectivity index (χ0n) is 11.8. The van der Waals surface area contributed by atoms with E-state index in [1.165, 1.54) is 12.8 Å². The SMILES string of the molecule is COCCCS(=O)(=O)N1CCCCC1CNC1CC1. The lowest BCUT2D eigenvalue weighted by Crippen LogP contribution is -2.49. The van der Waals surface area contributed by atoms with E-state index in [4.69, 9.17) is 4.74 Å². The molecule has 1 saturated heterocycles. The highest BCUT2D eigenvalue weighted by Gasteiger charge is 2.32. The molecule has 2 fully saturated rings. The summed E-state index contributed by atoms with van der Waals surface area (Å²) in [6.07, 6.45) is 6.19. The average molecular weight is 290 g/mol. The quantitative estimate of drug-likeness (QED) is 0.677. The molecule has 0 aromatic heterocycles. The zero-order valence-corrected chi connectivity index (χ0v) is 12.6. The maximum Gasteiger partial charge on any atom is 0.214 e. The van der Waals surface area contributed by atoms with Crippen LogP contribution < -0.4 is 5.32 Å². The average Bonchev–Trinajstić information content (AvgIpc) is 3.21. The van der Waals surface area contributed by atoms with Crippen LogP contribution >= 0.6 is 0 Å². The molecule has 2 aliphatic rings. The van der Waals surface area contributed by atoms with Crippen molar-refractivity contribution in [2.75, 3.05) is 32.6 Å². The Balaban J connectivity index is 1.88. The fraction of sp³-hybridized carbons (Fsp3) is 1.00. The fourth-order valence-electron chi connectivity index (χ4n) is 2.64. The lowest BCUT2D eigenvalue weighted by atomic mass is 10.1. The summed E-state index contributed by atoms with van der Waals surface area (Å²) >= 11 is 0. The van der Waals surface area contributed by atoms with Gasteiger partial charge in [0.15, 0.2) is 0 Å².